The molecule has 3 N–H and O–H groups in total. The molecular weight excluding hydrogens is 246 g/mol. The van der Waals surface area contributed by atoms with Crippen LogP contribution in [0.3, 0.4) is 0 Å². The Morgan fingerprint density at radius 2 is 2.11 bits per heavy atom. The van der Waals surface area contributed by atoms with Gasteiger partial charge < -0.3 is 20.4 Å². The molecule has 0 bridgehead atoms. The Hall–Kier alpha value is -2.38. The molecule has 0 saturated carbocycles. The molecule has 2 rings (SSSR count). The number of hydrogen-bond acceptors (Lipinski definition) is 8. The Balaban J connectivity index is 2.06. The van der Waals surface area contributed by atoms with E-state index >= 15 is 0 Å². The van der Waals surface area contributed by atoms with Crippen molar-refractivity contribution < 1.29 is 4.42 Å². The molecular formula is C11H17N7O. The molecule has 2 aromatic rings. The monoisotopic (exact) mass is 263 g/mol. The van der Waals surface area contributed by atoms with Crippen LogP contribution in [0.5, 0.6) is 0 Å². The van der Waals surface area contributed by atoms with Crippen LogP contribution in [0.4, 0.5) is 17.8 Å². The van der Waals surface area contributed by atoms with Crippen LogP contribution in [-0.2, 0) is 13.0 Å². The van der Waals surface area contributed by atoms with Gasteiger partial charge in [0.25, 0.3) is 0 Å². The molecule has 0 amide bonds. The third-order valence-electron chi connectivity index (χ3n) is 2.39. The highest BCUT2D eigenvalue weighted by molar-refractivity contribution is 5.40. The summed E-state index contributed by atoms with van der Waals surface area (Å²) in [6.07, 6.45) is 2.53. The second-order valence-electron chi connectivity index (χ2n) is 4.14. The van der Waals surface area contributed by atoms with E-state index in [2.05, 4.69) is 25.3 Å². The van der Waals surface area contributed by atoms with Crippen molar-refractivity contribution in [3.8, 4) is 0 Å². The van der Waals surface area contributed by atoms with Crippen LogP contribution in [-0.4, -0.2) is 34.0 Å². The zero-order valence-corrected chi connectivity index (χ0v) is 11.2. The van der Waals surface area contributed by atoms with Gasteiger partial charge in [0, 0.05) is 20.5 Å². The van der Waals surface area contributed by atoms with E-state index in [-0.39, 0.29) is 5.95 Å². The maximum Gasteiger partial charge on any atom is 0.231 e. The fourth-order valence-corrected chi connectivity index (χ4v) is 1.41. The van der Waals surface area contributed by atoms with Gasteiger partial charge in [-0.2, -0.15) is 15.0 Å². The quantitative estimate of drug-likeness (QED) is 0.811. The SMILES string of the molecule is CCc1cnc(CNc2nc(N)nc(N(C)C)n2)o1. The largest absolute Gasteiger partial charge is 0.444 e. The molecule has 0 atom stereocenters. The number of nitrogen functional groups attached to an aromatic ring is 1. The number of aryl methyl sites for hydroxylation is 1. The lowest BCUT2D eigenvalue weighted by molar-refractivity contribution is 0.465. The number of nitrogens with zero attached hydrogens (tertiary/aromatic N) is 5. The zero-order chi connectivity index (χ0) is 13.8. The Morgan fingerprint density at radius 1 is 1.32 bits per heavy atom. The van der Waals surface area contributed by atoms with E-state index in [1.54, 1.807) is 11.1 Å². The van der Waals surface area contributed by atoms with Crippen LogP contribution in [0, 0.1) is 0 Å². The predicted molar refractivity (Wildman–Crippen MR) is 71.8 cm³/mol. The van der Waals surface area contributed by atoms with Crippen molar-refractivity contribution in [2.75, 3.05) is 30.0 Å². The molecule has 0 aromatic carbocycles. The van der Waals surface area contributed by atoms with Crippen molar-refractivity contribution in [2.24, 2.45) is 0 Å². The number of anilines is 3. The molecule has 2 aromatic heterocycles. The van der Waals surface area contributed by atoms with Gasteiger partial charge in [0.15, 0.2) is 0 Å². The number of nitrogens with one attached hydrogen (secondary N) is 1. The topological polar surface area (TPSA) is 106 Å². The third-order valence-corrected chi connectivity index (χ3v) is 2.39. The zero-order valence-electron chi connectivity index (χ0n) is 11.2. The molecule has 0 unspecified atom stereocenters. The summed E-state index contributed by atoms with van der Waals surface area (Å²) in [5.74, 6) is 2.50. The fourth-order valence-electron chi connectivity index (χ4n) is 1.41. The summed E-state index contributed by atoms with van der Waals surface area (Å²) in [5, 5.41) is 3.01. The van der Waals surface area contributed by atoms with E-state index in [1.165, 1.54) is 0 Å². The summed E-state index contributed by atoms with van der Waals surface area (Å²) >= 11 is 0. The van der Waals surface area contributed by atoms with Crippen LogP contribution >= 0.6 is 0 Å². The average molecular weight is 263 g/mol. The number of nitrogens with two attached hydrogens (primary N) is 1. The van der Waals surface area contributed by atoms with Crippen LogP contribution < -0.4 is 16.0 Å². The first kappa shape index (κ1) is 13.1. The lowest BCUT2D eigenvalue weighted by Crippen LogP contribution is -2.16. The Bertz CT molecular complexity index is 552. The highest BCUT2D eigenvalue weighted by atomic mass is 16.4. The Labute approximate surface area is 111 Å². The number of rotatable bonds is 5. The molecule has 0 fully saturated rings. The van der Waals surface area contributed by atoms with Gasteiger partial charge in [0.2, 0.25) is 23.7 Å². The van der Waals surface area contributed by atoms with Crippen molar-refractivity contribution in [3.05, 3.63) is 17.8 Å². The van der Waals surface area contributed by atoms with Gasteiger partial charge in [0.1, 0.15) is 5.76 Å². The Morgan fingerprint density at radius 3 is 2.74 bits per heavy atom. The molecule has 0 saturated heterocycles. The van der Waals surface area contributed by atoms with E-state index in [1.807, 2.05) is 21.0 Å². The van der Waals surface area contributed by atoms with Gasteiger partial charge in [-0.25, -0.2) is 4.98 Å². The van der Waals surface area contributed by atoms with Gasteiger partial charge in [-0.05, 0) is 0 Å². The van der Waals surface area contributed by atoms with E-state index in [0.717, 1.165) is 12.2 Å². The minimum absolute atomic E-state index is 0.169. The van der Waals surface area contributed by atoms with E-state index in [9.17, 15) is 0 Å². The molecule has 0 aliphatic rings. The number of oxazole rings is 1. The minimum atomic E-state index is 0.169. The van der Waals surface area contributed by atoms with Gasteiger partial charge >= 0.3 is 0 Å². The summed E-state index contributed by atoms with van der Waals surface area (Å²) < 4.78 is 5.48. The molecule has 0 spiro atoms. The minimum Gasteiger partial charge on any atom is -0.444 e. The number of aromatic nitrogens is 4. The normalized spacial score (nSPS) is 10.5. The lowest BCUT2D eigenvalue weighted by atomic mass is 10.4. The van der Waals surface area contributed by atoms with E-state index in [4.69, 9.17) is 10.2 Å². The first-order chi connectivity index (χ1) is 9.08. The predicted octanol–water partition coefficient (Wildman–Crippen LogP) is 0.682. The van der Waals surface area contributed by atoms with Crippen LogP contribution in [0.25, 0.3) is 0 Å². The maximum absolute atomic E-state index is 5.62. The van der Waals surface area contributed by atoms with Gasteiger partial charge in [-0.3, -0.25) is 0 Å². The molecule has 8 nitrogen and oxygen atoms in total. The maximum atomic E-state index is 5.62. The van der Waals surface area contributed by atoms with E-state index in [0.29, 0.717) is 24.3 Å². The molecule has 2 heterocycles. The highest BCUT2D eigenvalue weighted by Gasteiger charge is 2.07. The molecule has 102 valence electrons. The summed E-state index contributed by atoms with van der Waals surface area (Å²) in [4.78, 5) is 18.1. The second kappa shape index (κ2) is 5.51. The average Bonchev–Trinajstić information content (AvgIpc) is 2.83. The third kappa shape index (κ3) is 3.30. The summed E-state index contributed by atoms with van der Waals surface area (Å²) in [6.45, 7) is 2.41. The van der Waals surface area contributed by atoms with Crippen molar-refractivity contribution in [1.82, 2.24) is 19.9 Å². The molecule has 19 heavy (non-hydrogen) atoms. The molecule has 0 radical (unpaired) electrons. The lowest BCUT2D eigenvalue weighted by Gasteiger charge is -2.11. The summed E-state index contributed by atoms with van der Waals surface area (Å²) in [6, 6.07) is 0. The smallest absolute Gasteiger partial charge is 0.231 e. The first-order valence-electron chi connectivity index (χ1n) is 5.94. The van der Waals surface area contributed by atoms with Gasteiger partial charge in [0.05, 0.1) is 12.7 Å². The Kier molecular flexibility index (Phi) is 3.79. The van der Waals surface area contributed by atoms with Crippen LogP contribution in [0.1, 0.15) is 18.6 Å². The van der Waals surface area contributed by atoms with Crippen molar-refractivity contribution in [1.29, 1.82) is 0 Å². The van der Waals surface area contributed by atoms with Crippen LogP contribution in [0.2, 0.25) is 0 Å². The second-order valence-corrected chi connectivity index (χ2v) is 4.14. The summed E-state index contributed by atoms with van der Waals surface area (Å²) in [5.41, 5.74) is 5.62. The number of hydrogen-bond donors (Lipinski definition) is 2. The highest BCUT2D eigenvalue weighted by Crippen LogP contribution is 2.11. The molecule has 0 aliphatic carbocycles. The summed E-state index contributed by atoms with van der Waals surface area (Å²) in [7, 11) is 3.67. The molecule has 8 heteroatoms. The van der Waals surface area contributed by atoms with E-state index < -0.39 is 0 Å². The molecule has 0 aliphatic heterocycles. The van der Waals surface area contributed by atoms with Crippen molar-refractivity contribution in [3.63, 3.8) is 0 Å². The fraction of sp³-hybridized carbons (Fsp3) is 0.455. The van der Waals surface area contributed by atoms with Crippen molar-refractivity contribution in [2.45, 2.75) is 19.9 Å². The standard InChI is InChI=1S/C11H17N7O/c1-4-7-5-13-8(19-7)6-14-10-15-9(12)16-11(17-10)18(2)3/h5H,4,6H2,1-3H3,(H3,12,14,15,16,17). The van der Waals surface area contributed by atoms with Gasteiger partial charge in [-0.15, -0.1) is 0 Å². The first-order valence-corrected chi connectivity index (χ1v) is 5.94. The van der Waals surface area contributed by atoms with Crippen LogP contribution in [0.15, 0.2) is 10.6 Å². The van der Waals surface area contributed by atoms with Gasteiger partial charge in [-0.1, -0.05) is 6.92 Å². The van der Waals surface area contributed by atoms with Crippen molar-refractivity contribution >= 4 is 17.8 Å².